The molecule has 1 N–H and O–H groups in total. The van der Waals surface area contributed by atoms with Crippen molar-refractivity contribution in [1.29, 1.82) is 0 Å². The highest BCUT2D eigenvalue weighted by Gasteiger charge is 2.29. The molecule has 0 heterocycles. The van der Waals surface area contributed by atoms with E-state index in [1.807, 2.05) is 7.11 Å². The molecule has 0 saturated heterocycles. The van der Waals surface area contributed by atoms with Crippen LogP contribution in [0.1, 0.15) is 90.4 Å². The third kappa shape index (κ3) is 7.65. The molecular weight excluding hydrogens is 258 g/mol. The van der Waals surface area contributed by atoms with E-state index in [4.69, 9.17) is 4.74 Å². The lowest BCUT2D eigenvalue weighted by Crippen LogP contribution is -2.44. The third-order valence-corrected chi connectivity index (χ3v) is 5.27. The van der Waals surface area contributed by atoms with Gasteiger partial charge in [-0.1, -0.05) is 71.1 Å². The second-order valence-corrected chi connectivity index (χ2v) is 6.90. The van der Waals surface area contributed by atoms with Crippen LogP contribution in [0.15, 0.2) is 0 Å². The summed E-state index contributed by atoms with van der Waals surface area (Å²) in [5, 5.41) is 3.54. The van der Waals surface area contributed by atoms with Crippen LogP contribution in [0, 0.1) is 5.92 Å². The van der Waals surface area contributed by atoms with Crippen molar-refractivity contribution in [2.24, 2.45) is 5.92 Å². The van der Waals surface area contributed by atoms with E-state index in [1.54, 1.807) is 0 Å². The molecule has 126 valence electrons. The van der Waals surface area contributed by atoms with Gasteiger partial charge in [0, 0.05) is 13.2 Å². The van der Waals surface area contributed by atoms with E-state index < -0.39 is 0 Å². The van der Waals surface area contributed by atoms with Crippen LogP contribution in [0.3, 0.4) is 0 Å². The molecule has 2 atom stereocenters. The van der Waals surface area contributed by atoms with E-state index in [9.17, 15) is 0 Å². The second-order valence-electron chi connectivity index (χ2n) is 6.90. The van der Waals surface area contributed by atoms with Crippen LogP contribution in [0.5, 0.6) is 0 Å². The van der Waals surface area contributed by atoms with Gasteiger partial charge >= 0.3 is 0 Å². The number of hydrogen-bond acceptors (Lipinski definition) is 2. The standard InChI is InChI=1S/C19H39NO/c1-4-5-6-7-8-9-13-16-18(20-2)19(21-3)17-14-11-10-12-15-17/h17-20H,4-16H2,1-3H3. The van der Waals surface area contributed by atoms with Crippen molar-refractivity contribution < 1.29 is 4.74 Å². The first-order valence-electron chi connectivity index (χ1n) is 9.53. The molecule has 0 amide bonds. The summed E-state index contributed by atoms with van der Waals surface area (Å²) in [5.74, 6) is 0.783. The molecule has 2 heteroatoms. The highest BCUT2D eigenvalue weighted by molar-refractivity contribution is 4.84. The smallest absolute Gasteiger partial charge is 0.0752 e. The van der Waals surface area contributed by atoms with Gasteiger partial charge in [-0.25, -0.2) is 0 Å². The minimum absolute atomic E-state index is 0.426. The Kier molecular flexibility index (Phi) is 11.3. The molecule has 1 fully saturated rings. The molecule has 21 heavy (non-hydrogen) atoms. The zero-order valence-corrected chi connectivity index (χ0v) is 14.8. The number of methoxy groups -OCH3 is 1. The van der Waals surface area contributed by atoms with Crippen LogP contribution in [-0.2, 0) is 4.74 Å². The molecule has 1 saturated carbocycles. The van der Waals surface area contributed by atoms with Gasteiger partial charge in [0.25, 0.3) is 0 Å². The maximum Gasteiger partial charge on any atom is 0.0752 e. The zero-order chi connectivity index (χ0) is 15.3. The van der Waals surface area contributed by atoms with Crippen LogP contribution in [0.25, 0.3) is 0 Å². The molecule has 1 aliphatic carbocycles. The van der Waals surface area contributed by atoms with Crippen LogP contribution in [0.4, 0.5) is 0 Å². The van der Waals surface area contributed by atoms with Gasteiger partial charge in [0.2, 0.25) is 0 Å². The summed E-state index contributed by atoms with van der Waals surface area (Å²) in [6, 6.07) is 0.550. The Hall–Kier alpha value is -0.0800. The molecule has 1 rings (SSSR count). The fraction of sp³-hybridized carbons (Fsp3) is 1.00. The topological polar surface area (TPSA) is 21.3 Å². The highest BCUT2D eigenvalue weighted by atomic mass is 16.5. The molecule has 2 unspecified atom stereocenters. The van der Waals surface area contributed by atoms with E-state index in [0.29, 0.717) is 12.1 Å². The fourth-order valence-electron chi connectivity index (χ4n) is 3.94. The Morgan fingerprint density at radius 2 is 1.57 bits per heavy atom. The molecule has 0 radical (unpaired) electrons. The maximum atomic E-state index is 5.89. The summed E-state index contributed by atoms with van der Waals surface area (Å²) in [7, 11) is 4.02. The Morgan fingerprint density at radius 3 is 2.14 bits per heavy atom. The van der Waals surface area contributed by atoms with Crippen molar-refractivity contribution in [1.82, 2.24) is 5.32 Å². The summed E-state index contributed by atoms with van der Waals surface area (Å²) in [5.41, 5.74) is 0. The molecule has 0 aromatic carbocycles. The van der Waals surface area contributed by atoms with Crippen LogP contribution in [-0.4, -0.2) is 26.3 Å². The van der Waals surface area contributed by atoms with Crippen molar-refractivity contribution in [3.63, 3.8) is 0 Å². The summed E-state index contributed by atoms with van der Waals surface area (Å²) >= 11 is 0. The molecule has 0 bridgehead atoms. The molecule has 0 spiro atoms. The maximum absolute atomic E-state index is 5.89. The third-order valence-electron chi connectivity index (χ3n) is 5.27. The Labute approximate surface area is 133 Å². The van der Waals surface area contributed by atoms with E-state index in [2.05, 4.69) is 19.3 Å². The number of unbranched alkanes of at least 4 members (excludes halogenated alkanes) is 6. The summed E-state index contributed by atoms with van der Waals surface area (Å²) < 4.78 is 5.89. The van der Waals surface area contributed by atoms with Crippen LogP contribution < -0.4 is 5.32 Å². The van der Waals surface area contributed by atoms with Gasteiger partial charge in [0.05, 0.1) is 6.10 Å². The molecular formula is C19H39NO. The van der Waals surface area contributed by atoms with Gasteiger partial charge in [0.1, 0.15) is 0 Å². The minimum Gasteiger partial charge on any atom is -0.380 e. The van der Waals surface area contributed by atoms with Gasteiger partial charge in [0.15, 0.2) is 0 Å². The lowest BCUT2D eigenvalue weighted by atomic mass is 9.81. The average molecular weight is 298 g/mol. The van der Waals surface area contributed by atoms with E-state index >= 15 is 0 Å². The number of rotatable bonds is 12. The SMILES string of the molecule is CCCCCCCCCC(NC)C(OC)C1CCCCC1. The summed E-state index contributed by atoms with van der Waals surface area (Å²) in [6.45, 7) is 2.29. The van der Waals surface area contributed by atoms with Crippen LogP contribution >= 0.6 is 0 Å². The predicted octanol–water partition coefficient (Wildman–Crippen LogP) is 5.31. The Bertz CT molecular complexity index is 226. The molecule has 1 aliphatic rings. The molecule has 0 aromatic rings. The average Bonchev–Trinajstić information content (AvgIpc) is 2.54. The van der Waals surface area contributed by atoms with Gasteiger partial charge in [-0.3, -0.25) is 0 Å². The second kappa shape index (κ2) is 12.5. The van der Waals surface area contributed by atoms with Gasteiger partial charge in [-0.15, -0.1) is 0 Å². The molecule has 0 aliphatic heterocycles. The van der Waals surface area contributed by atoms with E-state index in [-0.39, 0.29) is 0 Å². The Morgan fingerprint density at radius 1 is 0.952 bits per heavy atom. The van der Waals surface area contributed by atoms with Crippen molar-refractivity contribution >= 4 is 0 Å². The van der Waals surface area contributed by atoms with E-state index in [0.717, 1.165) is 5.92 Å². The monoisotopic (exact) mass is 297 g/mol. The molecule has 0 aromatic heterocycles. The predicted molar refractivity (Wildman–Crippen MR) is 92.8 cm³/mol. The lowest BCUT2D eigenvalue weighted by Gasteiger charge is -2.35. The molecule has 2 nitrogen and oxygen atoms in total. The zero-order valence-electron chi connectivity index (χ0n) is 14.8. The van der Waals surface area contributed by atoms with Crippen molar-refractivity contribution in [2.45, 2.75) is 103 Å². The van der Waals surface area contributed by atoms with Crippen molar-refractivity contribution in [3.8, 4) is 0 Å². The minimum atomic E-state index is 0.426. The quantitative estimate of drug-likeness (QED) is 0.493. The first-order chi connectivity index (χ1) is 10.3. The van der Waals surface area contributed by atoms with Gasteiger partial charge in [-0.05, 0) is 32.2 Å². The van der Waals surface area contributed by atoms with Gasteiger partial charge in [-0.2, -0.15) is 0 Å². The summed E-state index contributed by atoms with van der Waals surface area (Å²) in [4.78, 5) is 0. The van der Waals surface area contributed by atoms with Gasteiger partial charge < -0.3 is 10.1 Å². The van der Waals surface area contributed by atoms with E-state index in [1.165, 1.54) is 83.5 Å². The van der Waals surface area contributed by atoms with Crippen LogP contribution in [0.2, 0.25) is 0 Å². The highest BCUT2D eigenvalue weighted by Crippen LogP contribution is 2.30. The number of ether oxygens (including phenoxy) is 1. The summed E-state index contributed by atoms with van der Waals surface area (Å²) in [6.07, 6.45) is 18.4. The largest absolute Gasteiger partial charge is 0.380 e. The number of likely N-dealkylation sites (N-methyl/N-ethyl adjacent to an activating group) is 1. The van der Waals surface area contributed by atoms with Crippen molar-refractivity contribution in [3.05, 3.63) is 0 Å². The normalized spacial score (nSPS) is 19.6. The number of nitrogens with one attached hydrogen (secondary N) is 1. The first kappa shape index (κ1) is 19.0. The fourth-order valence-corrected chi connectivity index (χ4v) is 3.94. The first-order valence-corrected chi connectivity index (χ1v) is 9.53. The Balaban J connectivity index is 2.21. The lowest BCUT2D eigenvalue weighted by molar-refractivity contribution is 0.00739. The van der Waals surface area contributed by atoms with Crippen molar-refractivity contribution in [2.75, 3.05) is 14.2 Å². The number of hydrogen-bond donors (Lipinski definition) is 1.